The van der Waals surface area contributed by atoms with E-state index < -0.39 is 0 Å². The number of carbonyl (C=O) groups is 1. The Kier molecular flexibility index (Phi) is 6.72. The summed E-state index contributed by atoms with van der Waals surface area (Å²) in [4.78, 5) is 12.5. The second-order valence-corrected chi connectivity index (χ2v) is 6.60. The summed E-state index contributed by atoms with van der Waals surface area (Å²) < 4.78 is 22.5. The Hall–Kier alpha value is -2.69. The number of hydrogen-bond donors (Lipinski definition) is 0. The maximum absolute atomic E-state index is 12.5. The summed E-state index contributed by atoms with van der Waals surface area (Å²) in [5, 5.41) is 1.49. The van der Waals surface area contributed by atoms with E-state index >= 15 is 0 Å². The quantitative estimate of drug-likeness (QED) is 0.617. The number of carbonyl (C=O) groups excluding carboxylic acids is 1. The minimum Gasteiger partial charge on any atom is -0.496 e. The second kappa shape index (κ2) is 8.80. The number of ether oxygens (including phenoxy) is 4. The van der Waals surface area contributed by atoms with Gasteiger partial charge in [-0.3, -0.25) is 4.79 Å². The Morgan fingerprint density at radius 2 is 1.44 bits per heavy atom. The number of allylic oxidation sites excluding steroid dienone is 2. The Morgan fingerprint density at radius 3 is 1.89 bits per heavy atom. The number of methoxy groups -OCH3 is 4. The lowest BCUT2D eigenvalue weighted by Gasteiger charge is -2.22. The van der Waals surface area contributed by atoms with Gasteiger partial charge in [0, 0.05) is 11.5 Å². The zero-order chi connectivity index (χ0) is 20.1. The highest BCUT2D eigenvalue weighted by atomic mass is 16.5. The molecule has 0 amide bonds. The van der Waals surface area contributed by atoms with Crippen molar-refractivity contribution in [1.29, 1.82) is 0 Å². The summed E-state index contributed by atoms with van der Waals surface area (Å²) in [5.74, 6) is 2.21. The van der Waals surface area contributed by atoms with Crippen LogP contribution in [0.3, 0.4) is 0 Å². The van der Waals surface area contributed by atoms with E-state index in [-0.39, 0.29) is 11.7 Å². The van der Waals surface area contributed by atoms with Crippen molar-refractivity contribution < 1.29 is 23.7 Å². The molecule has 1 atom stereocenters. The zero-order valence-electron chi connectivity index (χ0n) is 17.1. The molecule has 27 heavy (non-hydrogen) atoms. The lowest BCUT2D eigenvalue weighted by Crippen LogP contribution is -2.11. The molecule has 146 valence electrons. The molecule has 2 aromatic rings. The van der Waals surface area contributed by atoms with Crippen LogP contribution in [-0.4, -0.2) is 34.2 Å². The van der Waals surface area contributed by atoms with Crippen LogP contribution in [0.5, 0.6) is 23.0 Å². The number of benzene rings is 2. The molecule has 0 spiro atoms. The van der Waals surface area contributed by atoms with Crippen molar-refractivity contribution in [3.05, 3.63) is 35.4 Å². The molecule has 0 N–H and O–H groups in total. The molecule has 1 unspecified atom stereocenters. The molecule has 2 rings (SSSR count). The first-order valence-corrected chi connectivity index (χ1v) is 8.82. The number of rotatable bonds is 8. The van der Waals surface area contributed by atoms with Crippen LogP contribution in [0.1, 0.15) is 38.7 Å². The van der Waals surface area contributed by atoms with Crippen molar-refractivity contribution in [2.45, 2.75) is 33.1 Å². The van der Waals surface area contributed by atoms with E-state index in [1.165, 1.54) is 0 Å². The van der Waals surface area contributed by atoms with Gasteiger partial charge in [-0.2, -0.15) is 0 Å². The zero-order valence-corrected chi connectivity index (χ0v) is 17.1. The SMILES string of the molecule is COc1ccc(OC)c2c(OC)c(C(CC=C(C)C)C(C)=O)cc(OC)c12. The Morgan fingerprint density at radius 1 is 0.889 bits per heavy atom. The first-order valence-electron chi connectivity index (χ1n) is 8.82. The molecule has 0 aliphatic heterocycles. The van der Waals surface area contributed by atoms with E-state index in [9.17, 15) is 4.79 Å². The number of hydrogen-bond acceptors (Lipinski definition) is 5. The number of fused-ring (bicyclic) bond motifs is 1. The van der Waals surface area contributed by atoms with Gasteiger partial charge in [-0.25, -0.2) is 0 Å². The molecule has 5 nitrogen and oxygen atoms in total. The van der Waals surface area contributed by atoms with Gasteiger partial charge in [-0.1, -0.05) is 11.6 Å². The molecule has 0 saturated heterocycles. The van der Waals surface area contributed by atoms with Crippen LogP contribution in [0.4, 0.5) is 0 Å². The summed E-state index contributed by atoms with van der Waals surface area (Å²) in [7, 11) is 6.41. The fraction of sp³-hybridized carbons (Fsp3) is 0.409. The number of Topliss-reactive ketones (excluding diaryl/α,β-unsaturated/α-hetero) is 1. The van der Waals surface area contributed by atoms with Crippen molar-refractivity contribution in [1.82, 2.24) is 0 Å². The monoisotopic (exact) mass is 372 g/mol. The van der Waals surface area contributed by atoms with Crippen molar-refractivity contribution in [3.63, 3.8) is 0 Å². The highest BCUT2D eigenvalue weighted by Crippen LogP contribution is 2.48. The highest BCUT2D eigenvalue weighted by Gasteiger charge is 2.26. The van der Waals surface area contributed by atoms with E-state index in [1.807, 2.05) is 32.0 Å². The Bertz CT molecular complexity index is 863. The molecule has 0 radical (unpaired) electrons. The van der Waals surface area contributed by atoms with Crippen LogP contribution in [0.2, 0.25) is 0 Å². The van der Waals surface area contributed by atoms with Crippen LogP contribution < -0.4 is 18.9 Å². The molecule has 0 heterocycles. The van der Waals surface area contributed by atoms with E-state index in [0.717, 1.165) is 21.9 Å². The molecule has 5 heteroatoms. The fourth-order valence-electron chi connectivity index (χ4n) is 3.30. The standard InChI is InChI=1S/C22H28O5/c1-13(2)8-9-15(14(3)23)16-12-19(26-6)20-17(24-4)10-11-18(25-5)21(20)22(16)27-7/h8,10-12,15H,9H2,1-7H3. The van der Waals surface area contributed by atoms with Gasteiger partial charge >= 0.3 is 0 Å². The first kappa shape index (κ1) is 20.6. The van der Waals surface area contributed by atoms with E-state index in [0.29, 0.717) is 29.4 Å². The van der Waals surface area contributed by atoms with Crippen molar-refractivity contribution in [2.75, 3.05) is 28.4 Å². The molecular formula is C22H28O5. The van der Waals surface area contributed by atoms with Gasteiger partial charge in [-0.15, -0.1) is 0 Å². The molecule has 0 fully saturated rings. The Labute approximate surface area is 160 Å². The van der Waals surface area contributed by atoms with Gasteiger partial charge in [0.1, 0.15) is 28.8 Å². The van der Waals surface area contributed by atoms with Gasteiger partial charge in [0.15, 0.2) is 0 Å². The topological polar surface area (TPSA) is 54.0 Å². The van der Waals surface area contributed by atoms with Crippen LogP contribution in [0.15, 0.2) is 29.8 Å². The van der Waals surface area contributed by atoms with Crippen LogP contribution >= 0.6 is 0 Å². The third kappa shape index (κ3) is 4.02. The summed E-state index contributed by atoms with van der Waals surface area (Å²) in [6.45, 7) is 5.63. The smallest absolute Gasteiger partial charge is 0.137 e. The molecule has 0 saturated carbocycles. The minimum atomic E-state index is -0.343. The minimum absolute atomic E-state index is 0.0640. The summed E-state index contributed by atoms with van der Waals surface area (Å²) in [5.41, 5.74) is 1.94. The maximum atomic E-state index is 12.5. The third-order valence-corrected chi connectivity index (χ3v) is 4.64. The summed E-state index contributed by atoms with van der Waals surface area (Å²) in [6.07, 6.45) is 2.65. The predicted molar refractivity (Wildman–Crippen MR) is 108 cm³/mol. The summed E-state index contributed by atoms with van der Waals surface area (Å²) in [6, 6.07) is 5.52. The van der Waals surface area contributed by atoms with E-state index in [2.05, 4.69) is 6.08 Å². The van der Waals surface area contributed by atoms with E-state index in [4.69, 9.17) is 18.9 Å². The Balaban J connectivity index is 2.92. The highest BCUT2D eigenvalue weighted by molar-refractivity contribution is 6.04. The predicted octanol–water partition coefficient (Wildman–Crippen LogP) is 4.90. The average molecular weight is 372 g/mol. The first-order chi connectivity index (χ1) is 12.9. The van der Waals surface area contributed by atoms with Gasteiger partial charge < -0.3 is 18.9 Å². The third-order valence-electron chi connectivity index (χ3n) is 4.64. The van der Waals surface area contributed by atoms with Crippen LogP contribution in [0.25, 0.3) is 10.8 Å². The second-order valence-electron chi connectivity index (χ2n) is 6.60. The van der Waals surface area contributed by atoms with Gasteiger partial charge in [0.2, 0.25) is 0 Å². The summed E-state index contributed by atoms with van der Waals surface area (Å²) >= 11 is 0. The van der Waals surface area contributed by atoms with Gasteiger partial charge in [-0.05, 0) is 45.4 Å². The molecular weight excluding hydrogens is 344 g/mol. The molecule has 0 bridgehead atoms. The fourth-order valence-corrected chi connectivity index (χ4v) is 3.30. The van der Waals surface area contributed by atoms with Crippen molar-refractivity contribution >= 4 is 16.6 Å². The number of ketones is 1. The van der Waals surface area contributed by atoms with E-state index in [1.54, 1.807) is 35.4 Å². The molecule has 0 aromatic heterocycles. The average Bonchev–Trinajstić information content (AvgIpc) is 2.65. The maximum Gasteiger partial charge on any atom is 0.137 e. The molecule has 0 aliphatic carbocycles. The lowest BCUT2D eigenvalue weighted by atomic mass is 9.88. The van der Waals surface area contributed by atoms with Gasteiger partial charge in [0.05, 0.1) is 39.2 Å². The molecule has 0 aliphatic rings. The van der Waals surface area contributed by atoms with Crippen LogP contribution in [-0.2, 0) is 4.79 Å². The largest absolute Gasteiger partial charge is 0.496 e. The van der Waals surface area contributed by atoms with Crippen molar-refractivity contribution in [3.8, 4) is 23.0 Å². The van der Waals surface area contributed by atoms with Crippen molar-refractivity contribution in [2.24, 2.45) is 0 Å². The lowest BCUT2D eigenvalue weighted by molar-refractivity contribution is -0.118. The molecule has 2 aromatic carbocycles. The normalized spacial score (nSPS) is 11.7. The van der Waals surface area contributed by atoms with Gasteiger partial charge in [0.25, 0.3) is 0 Å². The van der Waals surface area contributed by atoms with Crippen LogP contribution in [0, 0.1) is 0 Å².